The number of hydrogen-bond donors (Lipinski definition) is 3. The van der Waals surface area contributed by atoms with Crippen LogP contribution in [0.5, 0.6) is 0 Å². The lowest BCUT2D eigenvalue weighted by molar-refractivity contribution is -0.178. The first-order valence-corrected chi connectivity index (χ1v) is 12.9. The Labute approximate surface area is 224 Å². The number of β-lactam (4-membered cyclic amide) rings is 1. The van der Waals surface area contributed by atoms with E-state index in [1.54, 1.807) is 45.0 Å². The Balaban J connectivity index is 0.000000484. The van der Waals surface area contributed by atoms with Gasteiger partial charge in [0, 0.05) is 12.5 Å². The number of carbonyl (C=O) groups is 6. The molecule has 1 aromatic rings. The Hall–Kier alpha value is -3.29. The average Bonchev–Trinajstić information content (AvgIpc) is 3.39. The number of aldehydes is 1. The second-order valence-electron chi connectivity index (χ2n) is 9.54. The highest BCUT2D eigenvalue weighted by molar-refractivity contribution is 8.00. The van der Waals surface area contributed by atoms with Gasteiger partial charge in [0.05, 0.1) is 18.8 Å². The lowest BCUT2D eigenvalue weighted by Gasteiger charge is -2.47. The van der Waals surface area contributed by atoms with Crippen LogP contribution in [0.3, 0.4) is 0 Å². The smallest absolute Gasteiger partial charge is 0.371 e. The molecule has 13 heteroatoms. The minimum Gasteiger partial charge on any atom is -0.478 e. The Kier molecular flexibility index (Phi) is 11.4. The number of benzene rings is 1. The number of esters is 1. The van der Waals surface area contributed by atoms with E-state index in [1.807, 2.05) is 6.07 Å². The summed E-state index contributed by atoms with van der Waals surface area (Å²) in [5.74, 6) is -3.75. The van der Waals surface area contributed by atoms with Crippen LogP contribution in [0.1, 0.15) is 32.8 Å². The molecule has 38 heavy (non-hydrogen) atoms. The standard InChI is InChI=1S/C19H22N2O7S.C6H10O3/c22-13(12-6-7-28-9-12)10-29-18-15(16(24)21(18)17(25)19(26)27)20-14(23)8-11-4-2-1-3-5-11;1-6(2,3)9-5(8)4-7/h1-5,12,15,17-18,25H,6-10H2,(H,20,23)(H,26,27);4H,1-3H3/t12?,15-,17?,18-;/m1./s1. The van der Waals surface area contributed by atoms with Crippen LogP contribution in [0.25, 0.3) is 0 Å². The van der Waals surface area contributed by atoms with Crippen LogP contribution < -0.4 is 5.32 Å². The molecule has 2 unspecified atom stereocenters. The molecule has 3 rings (SSSR count). The number of ether oxygens (including phenoxy) is 2. The first kappa shape index (κ1) is 30.9. The molecule has 0 saturated carbocycles. The fourth-order valence-electron chi connectivity index (χ4n) is 3.58. The largest absolute Gasteiger partial charge is 0.478 e. The van der Waals surface area contributed by atoms with E-state index in [2.05, 4.69) is 10.1 Å². The second kappa shape index (κ2) is 14.0. The van der Waals surface area contributed by atoms with E-state index in [0.717, 1.165) is 22.2 Å². The van der Waals surface area contributed by atoms with Crippen molar-refractivity contribution in [3.05, 3.63) is 35.9 Å². The Morgan fingerprint density at radius 3 is 2.39 bits per heavy atom. The van der Waals surface area contributed by atoms with Crippen LogP contribution in [0.2, 0.25) is 0 Å². The third-order valence-corrected chi connectivity index (χ3v) is 6.66. The van der Waals surface area contributed by atoms with E-state index in [0.29, 0.717) is 19.6 Å². The number of likely N-dealkylation sites (tertiary alicyclic amines) is 1. The van der Waals surface area contributed by atoms with Gasteiger partial charge in [-0.2, -0.15) is 0 Å². The number of carboxylic acid groups (broad SMARTS) is 1. The van der Waals surface area contributed by atoms with Crippen LogP contribution in [-0.2, 0) is 44.7 Å². The first-order valence-electron chi connectivity index (χ1n) is 11.8. The van der Waals surface area contributed by atoms with Gasteiger partial charge in [0.15, 0.2) is 0 Å². The first-order chi connectivity index (χ1) is 17.8. The quantitative estimate of drug-likeness (QED) is 0.156. The number of nitrogens with one attached hydrogen (secondary N) is 1. The molecule has 0 spiro atoms. The zero-order chi connectivity index (χ0) is 28.5. The molecular formula is C25H32N2O10S. The lowest BCUT2D eigenvalue weighted by atomic mass is 10.1. The van der Waals surface area contributed by atoms with Gasteiger partial charge in [-0.25, -0.2) is 9.59 Å². The molecule has 2 aliphatic heterocycles. The van der Waals surface area contributed by atoms with Gasteiger partial charge in [-0.05, 0) is 32.8 Å². The molecule has 2 heterocycles. The summed E-state index contributed by atoms with van der Waals surface area (Å²) in [5.41, 5.74) is 0.206. The molecule has 1 aromatic carbocycles. The number of rotatable bonds is 10. The van der Waals surface area contributed by atoms with E-state index >= 15 is 0 Å². The number of aliphatic hydroxyl groups is 1. The molecule has 12 nitrogen and oxygen atoms in total. The number of carbonyl (C=O) groups excluding carboxylic acids is 5. The Bertz CT molecular complexity index is 1020. The second-order valence-corrected chi connectivity index (χ2v) is 10.6. The fourth-order valence-corrected chi connectivity index (χ4v) is 4.91. The van der Waals surface area contributed by atoms with Crippen molar-refractivity contribution < 1.29 is 48.5 Å². The zero-order valence-electron chi connectivity index (χ0n) is 21.3. The van der Waals surface area contributed by atoms with Gasteiger partial charge < -0.3 is 25.0 Å². The third kappa shape index (κ3) is 9.23. The SMILES string of the molecule is CC(C)(C)OC(=O)C=O.O=C(Cc1ccccc1)N[C@@H]1C(=O)N(C(O)C(=O)O)[C@@H]1SCC(=O)C1CCOC1. The molecule has 4 atom stereocenters. The number of Topliss-reactive ketones (excluding diaryl/α,β-unsaturated/α-hetero) is 1. The van der Waals surface area contributed by atoms with Crippen molar-refractivity contribution in [3.8, 4) is 0 Å². The van der Waals surface area contributed by atoms with Crippen molar-refractivity contribution in [1.29, 1.82) is 0 Å². The van der Waals surface area contributed by atoms with E-state index < -0.39 is 47.0 Å². The van der Waals surface area contributed by atoms with Crippen molar-refractivity contribution in [2.45, 2.75) is 56.9 Å². The minimum atomic E-state index is -2.04. The summed E-state index contributed by atoms with van der Waals surface area (Å²) >= 11 is 1.03. The van der Waals surface area contributed by atoms with E-state index in [1.165, 1.54) is 0 Å². The van der Waals surface area contributed by atoms with Crippen molar-refractivity contribution in [2.75, 3.05) is 19.0 Å². The Morgan fingerprint density at radius 1 is 1.24 bits per heavy atom. The van der Waals surface area contributed by atoms with Gasteiger partial charge >= 0.3 is 11.9 Å². The number of aliphatic hydroxyl groups excluding tert-OH is 1. The molecular weight excluding hydrogens is 520 g/mol. The molecule has 0 aliphatic carbocycles. The summed E-state index contributed by atoms with van der Waals surface area (Å²) in [7, 11) is 0. The summed E-state index contributed by atoms with van der Waals surface area (Å²) in [5, 5.41) is 20.6. The number of ketones is 1. The monoisotopic (exact) mass is 552 g/mol. The van der Waals surface area contributed by atoms with E-state index in [9.17, 15) is 33.9 Å². The van der Waals surface area contributed by atoms with Crippen LogP contribution in [-0.4, -0.2) is 93.1 Å². The maximum Gasteiger partial charge on any atom is 0.371 e. The number of thioether (sulfide) groups is 1. The predicted octanol–water partition coefficient (Wildman–Crippen LogP) is 0.151. The average molecular weight is 553 g/mol. The molecule has 3 N–H and O–H groups in total. The van der Waals surface area contributed by atoms with Gasteiger partial charge in [-0.1, -0.05) is 30.3 Å². The summed E-state index contributed by atoms with van der Waals surface area (Å²) in [4.78, 5) is 68.8. The van der Waals surface area contributed by atoms with E-state index in [-0.39, 0.29) is 30.2 Å². The Morgan fingerprint density at radius 2 is 1.89 bits per heavy atom. The summed E-state index contributed by atoms with van der Waals surface area (Å²) in [6, 6.07) is 7.95. The summed E-state index contributed by atoms with van der Waals surface area (Å²) in [6.45, 7) is 5.98. The normalized spacial score (nSPS) is 21.3. The molecule has 2 amide bonds. The molecule has 2 saturated heterocycles. The van der Waals surface area contributed by atoms with Gasteiger partial charge in [-0.3, -0.25) is 24.1 Å². The van der Waals surface area contributed by atoms with Gasteiger partial charge in [0.2, 0.25) is 18.4 Å². The van der Waals surface area contributed by atoms with Crippen molar-refractivity contribution in [2.24, 2.45) is 5.92 Å². The highest BCUT2D eigenvalue weighted by atomic mass is 32.2. The molecule has 0 aromatic heterocycles. The highest BCUT2D eigenvalue weighted by Crippen LogP contribution is 2.33. The molecule has 0 bridgehead atoms. The molecule has 208 valence electrons. The zero-order valence-corrected chi connectivity index (χ0v) is 22.1. The molecule has 2 aliphatic rings. The predicted molar refractivity (Wildman–Crippen MR) is 135 cm³/mol. The van der Waals surface area contributed by atoms with Crippen molar-refractivity contribution >= 4 is 47.6 Å². The number of amides is 2. The number of nitrogens with zero attached hydrogens (tertiary/aromatic N) is 1. The summed E-state index contributed by atoms with van der Waals surface area (Å²) < 4.78 is 9.77. The maximum absolute atomic E-state index is 12.4. The van der Waals surface area contributed by atoms with Crippen LogP contribution >= 0.6 is 11.8 Å². The third-order valence-electron chi connectivity index (χ3n) is 5.37. The van der Waals surface area contributed by atoms with Crippen LogP contribution in [0, 0.1) is 5.92 Å². The van der Waals surface area contributed by atoms with Crippen LogP contribution in [0.15, 0.2) is 30.3 Å². The van der Waals surface area contributed by atoms with Gasteiger partial charge in [-0.15, -0.1) is 11.8 Å². The summed E-state index contributed by atoms with van der Waals surface area (Å²) in [6.07, 6.45) is -1.19. The van der Waals surface area contributed by atoms with Crippen molar-refractivity contribution in [1.82, 2.24) is 10.2 Å². The number of carboxylic acids is 1. The molecule has 2 fully saturated rings. The topological polar surface area (TPSA) is 177 Å². The maximum atomic E-state index is 12.4. The fraction of sp³-hybridized carbons (Fsp3) is 0.520. The lowest BCUT2D eigenvalue weighted by Crippen LogP contribution is -2.73. The van der Waals surface area contributed by atoms with Crippen molar-refractivity contribution in [3.63, 3.8) is 0 Å². The molecule has 0 radical (unpaired) electrons. The van der Waals surface area contributed by atoms with Gasteiger partial charge in [0.25, 0.3) is 5.91 Å². The number of hydrogen-bond acceptors (Lipinski definition) is 10. The van der Waals surface area contributed by atoms with Crippen LogP contribution in [0.4, 0.5) is 0 Å². The van der Waals surface area contributed by atoms with Gasteiger partial charge in [0.1, 0.15) is 22.8 Å². The van der Waals surface area contributed by atoms with E-state index in [4.69, 9.17) is 9.84 Å². The highest BCUT2D eigenvalue weighted by Gasteiger charge is 2.53. The minimum absolute atomic E-state index is 0.0276. The number of aliphatic carboxylic acids is 1.